The van der Waals surface area contributed by atoms with Gasteiger partial charge >= 0.3 is 18.1 Å². The molecule has 0 aliphatic carbocycles. The normalized spacial score (nSPS) is 13.1. The van der Waals surface area contributed by atoms with Crippen LogP contribution in [0.1, 0.15) is 51.5 Å². The van der Waals surface area contributed by atoms with Crippen LogP contribution in [0.4, 0.5) is 24.5 Å². The maximum atomic E-state index is 12.9. The zero-order chi connectivity index (χ0) is 26.0. The van der Waals surface area contributed by atoms with E-state index in [-0.39, 0.29) is 16.9 Å². The van der Waals surface area contributed by atoms with Gasteiger partial charge in [-0.3, -0.25) is 14.9 Å². The molecule has 34 heavy (non-hydrogen) atoms. The second-order valence-corrected chi connectivity index (χ2v) is 7.41. The molecular formula is C21H22F3N3O7. The van der Waals surface area contributed by atoms with Gasteiger partial charge in [0.15, 0.2) is 6.10 Å². The first kappa shape index (κ1) is 26.4. The van der Waals surface area contributed by atoms with Crippen molar-refractivity contribution in [1.29, 1.82) is 0 Å². The van der Waals surface area contributed by atoms with Gasteiger partial charge in [0, 0.05) is 11.8 Å². The Morgan fingerprint density at radius 1 is 1.18 bits per heavy atom. The van der Waals surface area contributed by atoms with Gasteiger partial charge in [0.1, 0.15) is 11.7 Å². The third-order valence-electron chi connectivity index (χ3n) is 4.98. The molecule has 0 spiro atoms. The number of carbonyl (C=O) groups is 3. The van der Waals surface area contributed by atoms with E-state index >= 15 is 0 Å². The van der Waals surface area contributed by atoms with Crippen molar-refractivity contribution in [1.82, 2.24) is 4.98 Å². The van der Waals surface area contributed by atoms with Gasteiger partial charge in [-0.25, -0.2) is 9.59 Å². The number of anilines is 1. The summed E-state index contributed by atoms with van der Waals surface area (Å²) in [5, 5.41) is 13.6. The van der Waals surface area contributed by atoms with Crippen LogP contribution in [-0.4, -0.2) is 46.9 Å². The molecule has 0 fully saturated rings. The highest BCUT2D eigenvalue weighted by atomic mass is 19.4. The number of nitrogens with one attached hydrogen (secondary N) is 2. The molecule has 0 radical (unpaired) electrons. The number of ether oxygens (including phenoxy) is 2. The Bertz CT molecular complexity index is 1140. The lowest BCUT2D eigenvalue weighted by atomic mass is 10.1. The fourth-order valence-electron chi connectivity index (χ4n) is 3.21. The summed E-state index contributed by atoms with van der Waals surface area (Å²) in [5.74, 6) is -2.27. The first-order valence-corrected chi connectivity index (χ1v) is 9.83. The van der Waals surface area contributed by atoms with Gasteiger partial charge in [0.2, 0.25) is 5.78 Å². The number of nitrogens with zero attached hydrogens (tertiary/aromatic N) is 1. The molecule has 2 atom stereocenters. The number of halogens is 3. The molecular weight excluding hydrogens is 463 g/mol. The van der Waals surface area contributed by atoms with E-state index in [1.165, 1.54) is 27.9 Å². The number of H-pyrrole nitrogens is 1. The summed E-state index contributed by atoms with van der Waals surface area (Å²) in [4.78, 5) is 50.0. The molecule has 0 saturated heterocycles. The molecule has 0 aliphatic heterocycles. The van der Waals surface area contributed by atoms with Crippen molar-refractivity contribution in [3.63, 3.8) is 0 Å². The highest BCUT2D eigenvalue weighted by Crippen LogP contribution is 2.35. The second-order valence-electron chi connectivity index (χ2n) is 7.41. The molecule has 0 amide bonds. The predicted octanol–water partition coefficient (Wildman–Crippen LogP) is 3.96. The number of carbonyl (C=O) groups excluding carboxylic acids is 3. The van der Waals surface area contributed by atoms with Gasteiger partial charge in [0.25, 0.3) is 5.69 Å². The van der Waals surface area contributed by atoms with E-state index < -0.39 is 52.2 Å². The van der Waals surface area contributed by atoms with Crippen LogP contribution in [0.2, 0.25) is 0 Å². The summed E-state index contributed by atoms with van der Waals surface area (Å²) < 4.78 is 48.4. The van der Waals surface area contributed by atoms with Crippen molar-refractivity contribution < 1.29 is 42.0 Å². The Kier molecular flexibility index (Phi) is 7.70. The molecule has 2 rings (SSSR count). The van der Waals surface area contributed by atoms with E-state index in [0.717, 1.165) is 6.07 Å². The number of methoxy groups -OCH3 is 1. The van der Waals surface area contributed by atoms with Crippen LogP contribution < -0.4 is 5.32 Å². The summed E-state index contributed by atoms with van der Waals surface area (Å²) in [6.07, 6.45) is -6.09. The van der Waals surface area contributed by atoms with Crippen molar-refractivity contribution in [3.05, 3.63) is 56.4 Å². The average molecular weight is 485 g/mol. The number of aromatic amines is 1. The van der Waals surface area contributed by atoms with Crippen LogP contribution in [-0.2, 0) is 20.4 Å². The number of Topliss-reactive ketones (excluding diaryl/α,β-unsaturated/α-hetero) is 1. The van der Waals surface area contributed by atoms with E-state index in [4.69, 9.17) is 4.74 Å². The largest absolute Gasteiger partial charge is 0.465 e. The number of hydrogen-bond acceptors (Lipinski definition) is 8. The molecule has 2 N–H and O–H groups in total. The first-order chi connectivity index (χ1) is 15.7. The molecule has 1 heterocycles. The minimum Gasteiger partial charge on any atom is -0.465 e. The van der Waals surface area contributed by atoms with Gasteiger partial charge < -0.3 is 19.8 Å². The number of ketones is 1. The topological polar surface area (TPSA) is 141 Å². The summed E-state index contributed by atoms with van der Waals surface area (Å²) in [5.41, 5.74) is -1.53. The standard InChI is InChI=1S/C21H22F3N3O7/c1-9-16(20(30)33-5)10(2)26-17(9)18(28)12(4)34-19(29)11(3)25-14-7-6-13(21(22,23)24)8-15(14)27(31)32/h6-8,11-12,25-26H,1-5H3. The molecule has 2 aromatic rings. The maximum Gasteiger partial charge on any atom is 0.416 e. The third-order valence-corrected chi connectivity index (χ3v) is 4.98. The van der Waals surface area contributed by atoms with E-state index in [2.05, 4.69) is 15.0 Å². The van der Waals surface area contributed by atoms with E-state index in [1.807, 2.05) is 0 Å². The molecule has 184 valence electrons. The Labute approximate surface area is 191 Å². The Morgan fingerprint density at radius 3 is 2.32 bits per heavy atom. The monoisotopic (exact) mass is 485 g/mol. The molecule has 0 aliphatic rings. The van der Waals surface area contributed by atoms with Crippen molar-refractivity contribution in [2.24, 2.45) is 0 Å². The summed E-state index contributed by atoms with van der Waals surface area (Å²) >= 11 is 0. The van der Waals surface area contributed by atoms with E-state index in [9.17, 15) is 37.7 Å². The van der Waals surface area contributed by atoms with Gasteiger partial charge in [-0.2, -0.15) is 13.2 Å². The minimum atomic E-state index is -4.79. The Balaban J connectivity index is 2.17. The van der Waals surface area contributed by atoms with Gasteiger partial charge in [-0.05, 0) is 45.4 Å². The molecule has 0 saturated carbocycles. The number of benzene rings is 1. The highest BCUT2D eigenvalue weighted by Gasteiger charge is 2.34. The Hall–Kier alpha value is -3.90. The lowest BCUT2D eigenvalue weighted by Crippen LogP contribution is -2.34. The smallest absolute Gasteiger partial charge is 0.416 e. The van der Waals surface area contributed by atoms with Gasteiger partial charge in [0.05, 0.1) is 28.9 Å². The van der Waals surface area contributed by atoms with Crippen LogP contribution in [0.5, 0.6) is 0 Å². The number of esters is 2. The van der Waals surface area contributed by atoms with E-state index in [1.54, 1.807) is 6.92 Å². The number of nitro groups is 1. The fraction of sp³-hybridized carbons (Fsp3) is 0.381. The van der Waals surface area contributed by atoms with Gasteiger partial charge in [-0.15, -0.1) is 0 Å². The van der Waals surface area contributed by atoms with Gasteiger partial charge in [-0.1, -0.05) is 0 Å². The zero-order valence-corrected chi connectivity index (χ0v) is 18.8. The van der Waals surface area contributed by atoms with Crippen LogP contribution >= 0.6 is 0 Å². The predicted molar refractivity (Wildman–Crippen MR) is 113 cm³/mol. The zero-order valence-electron chi connectivity index (χ0n) is 18.8. The molecule has 2 unspecified atom stereocenters. The maximum absolute atomic E-state index is 12.9. The fourth-order valence-corrected chi connectivity index (χ4v) is 3.21. The van der Waals surface area contributed by atoms with Crippen LogP contribution in [0.3, 0.4) is 0 Å². The third kappa shape index (κ3) is 5.53. The quantitative estimate of drug-likeness (QED) is 0.248. The molecule has 1 aromatic carbocycles. The molecule has 0 bridgehead atoms. The summed E-state index contributed by atoms with van der Waals surface area (Å²) in [7, 11) is 1.19. The number of aryl methyl sites for hydroxylation is 1. The minimum absolute atomic E-state index is 0.0391. The molecule has 10 nitrogen and oxygen atoms in total. The molecule has 13 heteroatoms. The summed E-state index contributed by atoms with van der Waals surface area (Å²) in [6.45, 7) is 5.64. The van der Waals surface area contributed by atoms with Crippen molar-refractivity contribution in [2.75, 3.05) is 12.4 Å². The summed E-state index contributed by atoms with van der Waals surface area (Å²) in [6, 6.07) is 0.567. The Morgan fingerprint density at radius 2 is 1.79 bits per heavy atom. The molecule has 1 aromatic heterocycles. The lowest BCUT2D eigenvalue weighted by Gasteiger charge is -2.18. The van der Waals surface area contributed by atoms with Crippen molar-refractivity contribution in [3.8, 4) is 0 Å². The highest BCUT2D eigenvalue weighted by molar-refractivity contribution is 6.04. The lowest BCUT2D eigenvalue weighted by molar-refractivity contribution is -0.384. The number of hydrogen-bond donors (Lipinski definition) is 2. The number of rotatable bonds is 8. The van der Waals surface area contributed by atoms with Crippen molar-refractivity contribution >= 4 is 29.1 Å². The second kappa shape index (κ2) is 9.93. The van der Waals surface area contributed by atoms with Crippen LogP contribution in [0.25, 0.3) is 0 Å². The van der Waals surface area contributed by atoms with Crippen LogP contribution in [0, 0.1) is 24.0 Å². The SMILES string of the molecule is COC(=O)c1c(C)[nH]c(C(=O)C(C)OC(=O)C(C)Nc2ccc(C(F)(F)F)cc2[N+](=O)[O-])c1C. The van der Waals surface area contributed by atoms with Crippen molar-refractivity contribution in [2.45, 2.75) is 46.0 Å². The number of alkyl halides is 3. The van der Waals surface area contributed by atoms with Crippen LogP contribution in [0.15, 0.2) is 18.2 Å². The first-order valence-electron chi connectivity index (χ1n) is 9.83. The average Bonchev–Trinajstić information content (AvgIpc) is 3.05. The van der Waals surface area contributed by atoms with E-state index in [0.29, 0.717) is 23.4 Å². The number of nitro benzene ring substituents is 1. The number of aromatic nitrogens is 1.